The first-order chi connectivity index (χ1) is 9.19. The molecular formula is C13H14N6. The van der Waals surface area contributed by atoms with Crippen molar-refractivity contribution in [2.24, 2.45) is 16.5 Å². The van der Waals surface area contributed by atoms with E-state index in [0.717, 1.165) is 16.8 Å². The summed E-state index contributed by atoms with van der Waals surface area (Å²) in [6, 6.07) is 7.57. The van der Waals surface area contributed by atoms with Crippen LogP contribution >= 0.6 is 0 Å². The van der Waals surface area contributed by atoms with Crippen LogP contribution in [0, 0.1) is 12.3 Å². The number of rotatable bonds is 4. The van der Waals surface area contributed by atoms with Crippen molar-refractivity contribution < 1.29 is 0 Å². The van der Waals surface area contributed by atoms with Crippen molar-refractivity contribution in [2.75, 3.05) is 6.54 Å². The van der Waals surface area contributed by atoms with Gasteiger partial charge in [-0.25, -0.2) is 0 Å². The Hall–Kier alpha value is -2.81. The molecule has 0 unspecified atom stereocenters. The Kier molecular flexibility index (Phi) is 3.78. The highest BCUT2D eigenvalue weighted by atomic mass is 15.4. The molecule has 0 aliphatic heterocycles. The van der Waals surface area contributed by atoms with Crippen LogP contribution in [-0.4, -0.2) is 27.5 Å². The fraction of sp³-hybridized carbons (Fsp3) is 0.154. The normalized spacial score (nSPS) is 9.84. The standard InChI is InChI=1S/C13H14N6/c1-2-10-3-5-11(6-4-10)12-9-19(18-17-12)8-7-16-13(14)15/h1,3-6,9H,7-8H2,(H4,14,15,16). The smallest absolute Gasteiger partial charge is 0.185 e. The molecule has 0 saturated carbocycles. The van der Waals surface area contributed by atoms with Gasteiger partial charge in [-0.2, -0.15) is 0 Å². The molecule has 0 saturated heterocycles. The summed E-state index contributed by atoms with van der Waals surface area (Å²) in [5.41, 5.74) is 13.1. The monoisotopic (exact) mass is 254 g/mol. The molecule has 1 aromatic heterocycles. The second kappa shape index (κ2) is 5.69. The number of hydrogen-bond donors (Lipinski definition) is 2. The van der Waals surface area contributed by atoms with E-state index in [1.807, 2.05) is 30.5 Å². The molecule has 2 rings (SSSR count). The summed E-state index contributed by atoms with van der Waals surface area (Å²) in [4.78, 5) is 3.89. The Labute approximate surface area is 111 Å². The largest absolute Gasteiger partial charge is 0.370 e. The van der Waals surface area contributed by atoms with Crippen LogP contribution in [0.5, 0.6) is 0 Å². The van der Waals surface area contributed by atoms with Crippen LogP contribution in [0.3, 0.4) is 0 Å². The Bertz CT molecular complexity index is 613. The molecule has 6 heteroatoms. The summed E-state index contributed by atoms with van der Waals surface area (Å²) in [6.45, 7) is 1.05. The van der Waals surface area contributed by atoms with Gasteiger partial charge in [-0.15, -0.1) is 11.5 Å². The molecule has 0 spiro atoms. The summed E-state index contributed by atoms with van der Waals surface area (Å²) >= 11 is 0. The van der Waals surface area contributed by atoms with Gasteiger partial charge in [-0.1, -0.05) is 23.3 Å². The van der Waals surface area contributed by atoms with Crippen molar-refractivity contribution in [2.45, 2.75) is 6.54 Å². The number of benzene rings is 1. The minimum absolute atomic E-state index is 0.0743. The van der Waals surface area contributed by atoms with Crippen LogP contribution in [-0.2, 0) is 6.54 Å². The molecule has 6 nitrogen and oxygen atoms in total. The van der Waals surface area contributed by atoms with Gasteiger partial charge in [0.2, 0.25) is 0 Å². The maximum Gasteiger partial charge on any atom is 0.185 e. The molecule has 0 amide bonds. The SMILES string of the molecule is C#Cc1ccc(-c2cn(CCN=C(N)N)nn2)cc1. The third-order valence-electron chi connectivity index (χ3n) is 2.51. The average Bonchev–Trinajstić information content (AvgIpc) is 2.87. The summed E-state index contributed by atoms with van der Waals surface area (Å²) < 4.78 is 1.69. The second-order valence-corrected chi connectivity index (χ2v) is 3.90. The van der Waals surface area contributed by atoms with E-state index in [9.17, 15) is 0 Å². The number of terminal acetylenes is 1. The first-order valence-corrected chi connectivity index (χ1v) is 5.71. The van der Waals surface area contributed by atoms with Crippen molar-refractivity contribution in [1.82, 2.24) is 15.0 Å². The number of nitrogens with two attached hydrogens (primary N) is 2. The van der Waals surface area contributed by atoms with Gasteiger partial charge in [-0.3, -0.25) is 9.67 Å². The fourth-order valence-electron chi connectivity index (χ4n) is 1.56. The number of aliphatic imine (C=N–C) groups is 1. The molecule has 0 bridgehead atoms. The summed E-state index contributed by atoms with van der Waals surface area (Å²) in [7, 11) is 0. The van der Waals surface area contributed by atoms with Crippen LogP contribution in [0.25, 0.3) is 11.3 Å². The average molecular weight is 254 g/mol. The quantitative estimate of drug-likeness (QED) is 0.463. The number of nitrogens with zero attached hydrogens (tertiary/aromatic N) is 4. The lowest BCUT2D eigenvalue weighted by atomic mass is 10.1. The number of hydrogen-bond acceptors (Lipinski definition) is 3. The molecule has 0 radical (unpaired) electrons. The zero-order valence-electron chi connectivity index (χ0n) is 10.3. The molecule has 4 N–H and O–H groups in total. The van der Waals surface area contributed by atoms with Gasteiger partial charge in [0.1, 0.15) is 5.69 Å². The van der Waals surface area contributed by atoms with Gasteiger partial charge >= 0.3 is 0 Å². The van der Waals surface area contributed by atoms with Crippen molar-refractivity contribution in [3.05, 3.63) is 36.0 Å². The molecule has 0 fully saturated rings. The van der Waals surface area contributed by atoms with Crippen LogP contribution in [0.1, 0.15) is 5.56 Å². The van der Waals surface area contributed by atoms with E-state index in [1.54, 1.807) is 4.68 Å². The van der Waals surface area contributed by atoms with Gasteiger partial charge in [0.15, 0.2) is 5.96 Å². The van der Waals surface area contributed by atoms with E-state index in [-0.39, 0.29) is 5.96 Å². The van der Waals surface area contributed by atoms with Crippen LogP contribution in [0.4, 0.5) is 0 Å². The maximum absolute atomic E-state index is 5.31. The zero-order chi connectivity index (χ0) is 13.7. The fourth-order valence-corrected chi connectivity index (χ4v) is 1.56. The molecule has 19 heavy (non-hydrogen) atoms. The van der Waals surface area contributed by atoms with Crippen molar-refractivity contribution in [1.29, 1.82) is 0 Å². The topological polar surface area (TPSA) is 95.1 Å². The molecule has 0 atom stereocenters. The highest BCUT2D eigenvalue weighted by molar-refractivity contribution is 5.75. The summed E-state index contributed by atoms with van der Waals surface area (Å²) in [5.74, 6) is 2.64. The lowest BCUT2D eigenvalue weighted by Gasteiger charge is -1.97. The van der Waals surface area contributed by atoms with Gasteiger partial charge in [0, 0.05) is 11.1 Å². The summed E-state index contributed by atoms with van der Waals surface area (Å²) in [5, 5.41) is 8.10. The first kappa shape index (κ1) is 12.6. The molecule has 0 aliphatic carbocycles. The number of aromatic nitrogens is 3. The minimum atomic E-state index is 0.0743. The van der Waals surface area contributed by atoms with Gasteiger partial charge in [0.25, 0.3) is 0 Å². The minimum Gasteiger partial charge on any atom is -0.370 e. The van der Waals surface area contributed by atoms with Gasteiger partial charge in [-0.05, 0) is 12.1 Å². The van der Waals surface area contributed by atoms with Gasteiger partial charge in [0.05, 0.1) is 19.3 Å². The van der Waals surface area contributed by atoms with E-state index < -0.39 is 0 Å². The third kappa shape index (κ3) is 3.33. The lowest BCUT2D eigenvalue weighted by Crippen LogP contribution is -2.23. The Morgan fingerprint density at radius 3 is 2.68 bits per heavy atom. The number of guanidine groups is 1. The van der Waals surface area contributed by atoms with Gasteiger partial charge < -0.3 is 11.5 Å². The Morgan fingerprint density at radius 1 is 1.32 bits per heavy atom. The third-order valence-corrected chi connectivity index (χ3v) is 2.51. The second-order valence-electron chi connectivity index (χ2n) is 3.90. The van der Waals surface area contributed by atoms with E-state index in [1.165, 1.54) is 0 Å². The zero-order valence-corrected chi connectivity index (χ0v) is 10.3. The Morgan fingerprint density at radius 2 is 2.05 bits per heavy atom. The molecular weight excluding hydrogens is 240 g/mol. The maximum atomic E-state index is 5.31. The van der Waals surface area contributed by atoms with Crippen molar-refractivity contribution in [3.63, 3.8) is 0 Å². The van der Waals surface area contributed by atoms with Crippen molar-refractivity contribution in [3.8, 4) is 23.6 Å². The van der Waals surface area contributed by atoms with E-state index in [4.69, 9.17) is 17.9 Å². The summed E-state index contributed by atoms with van der Waals surface area (Å²) in [6.07, 6.45) is 7.15. The molecule has 0 aliphatic rings. The highest BCUT2D eigenvalue weighted by Gasteiger charge is 2.03. The predicted molar refractivity (Wildman–Crippen MR) is 74.1 cm³/mol. The van der Waals surface area contributed by atoms with Crippen LogP contribution in [0.15, 0.2) is 35.5 Å². The molecule has 96 valence electrons. The van der Waals surface area contributed by atoms with E-state index >= 15 is 0 Å². The molecule has 1 aromatic carbocycles. The van der Waals surface area contributed by atoms with E-state index in [2.05, 4.69) is 21.2 Å². The first-order valence-electron chi connectivity index (χ1n) is 5.71. The Balaban J connectivity index is 2.07. The lowest BCUT2D eigenvalue weighted by molar-refractivity contribution is 0.598. The van der Waals surface area contributed by atoms with Crippen LogP contribution < -0.4 is 11.5 Å². The molecule has 2 aromatic rings. The predicted octanol–water partition coefficient (Wildman–Crippen LogP) is 0.200. The van der Waals surface area contributed by atoms with E-state index in [0.29, 0.717) is 13.1 Å². The highest BCUT2D eigenvalue weighted by Crippen LogP contribution is 2.16. The molecule has 1 heterocycles. The van der Waals surface area contributed by atoms with Crippen LogP contribution in [0.2, 0.25) is 0 Å². The van der Waals surface area contributed by atoms with Crippen molar-refractivity contribution >= 4 is 5.96 Å².